The van der Waals surface area contributed by atoms with Crippen LogP contribution in [0, 0.1) is 18.6 Å². The zero-order valence-electron chi connectivity index (χ0n) is 17.1. The molecule has 1 fully saturated rings. The first-order valence-corrected chi connectivity index (χ1v) is 12.0. The van der Waals surface area contributed by atoms with Crippen molar-refractivity contribution in [3.8, 4) is 0 Å². The molecule has 0 aliphatic carbocycles. The Morgan fingerprint density at radius 2 is 2.17 bits per heavy atom. The number of hydrogen-bond acceptors (Lipinski definition) is 7. The Morgan fingerprint density at radius 3 is 2.87 bits per heavy atom. The van der Waals surface area contributed by atoms with E-state index in [-0.39, 0.29) is 29.1 Å². The molecule has 0 amide bonds. The Morgan fingerprint density at radius 1 is 1.40 bits per heavy atom. The zero-order chi connectivity index (χ0) is 21.6. The molecule has 1 saturated heterocycles. The van der Waals surface area contributed by atoms with E-state index in [0.29, 0.717) is 35.4 Å². The number of aromatic nitrogens is 6. The topological polar surface area (TPSA) is 130 Å². The van der Waals surface area contributed by atoms with Gasteiger partial charge in [0.25, 0.3) is 5.56 Å². The summed E-state index contributed by atoms with van der Waals surface area (Å²) in [6.45, 7) is 7.09. The minimum Gasteiger partial charge on any atom is -0.339 e. The summed E-state index contributed by atoms with van der Waals surface area (Å²) >= 11 is 5.32. The second-order valence-electron chi connectivity index (χ2n) is 7.90. The summed E-state index contributed by atoms with van der Waals surface area (Å²) in [5.74, 6) is 0.379. The van der Waals surface area contributed by atoms with Crippen molar-refractivity contribution in [1.82, 2.24) is 34.6 Å². The number of aryl methyl sites for hydroxylation is 1. The third-order valence-electron chi connectivity index (χ3n) is 5.68. The van der Waals surface area contributed by atoms with E-state index < -0.39 is 9.84 Å². The van der Waals surface area contributed by atoms with Crippen molar-refractivity contribution in [3.05, 3.63) is 38.4 Å². The first-order valence-electron chi connectivity index (χ1n) is 9.81. The molecule has 1 aliphatic heterocycles. The predicted octanol–water partition coefficient (Wildman–Crippen LogP) is 1.13. The summed E-state index contributed by atoms with van der Waals surface area (Å²) in [4.78, 5) is 21.7. The van der Waals surface area contributed by atoms with Crippen molar-refractivity contribution in [2.75, 3.05) is 11.5 Å². The van der Waals surface area contributed by atoms with Crippen LogP contribution in [0.15, 0.2) is 11.1 Å². The van der Waals surface area contributed by atoms with E-state index in [0.717, 1.165) is 17.0 Å². The van der Waals surface area contributed by atoms with Gasteiger partial charge in [0, 0.05) is 30.4 Å². The average molecular weight is 452 g/mol. The highest BCUT2D eigenvalue weighted by Gasteiger charge is 2.31. The van der Waals surface area contributed by atoms with Crippen LogP contribution >= 0.6 is 12.2 Å². The number of sulfone groups is 1. The van der Waals surface area contributed by atoms with Crippen molar-refractivity contribution in [2.24, 2.45) is 0 Å². The number of nitrogens with one attached hydrogen (secondary N) is 3. The molecule has 12 heteroatoms. The van der Waals surface area contributed by atoms with Crippen molar-refractivity contribution in [1.29, 1.82) is 0 Å². The van der Waals surface area contributed by atoms with Crippen LogP contribution in [0.1, 0.15) is 36.3 Å². The van der Waals surface area contributed by atoms with Crippen LogP contribution in [0.25, 0.3) is 11.2 Å². The van der Waals surface area contributed by atoms with Gasteiger partial charge in [-0.3, -0.25) is 19.0 Å². The molecule has 0 spiro atoms. The van der Waals surface area contributed by atoms with E-state index in [4.69, 9.17) is 12.2 Å². The molecule has 162 valence electrons. The highest BCUT2D eigenvalue weighted by atomic mass is 32.2. The third-order valence-corrected chi connectivity index (χ3v) is 7.75. The van der Waals surface area contributed by atoms with Crippen LogP contribution in [-0.2, 0) is 22.9 Å². The van der Waals surface area contributed by atoms with Gasteiger partial charge in [0.2, 0.25) is 0 Å². The smallest absolute Gasteiger partial charge is 0.277 e. The maximum atomic E-state index is 12.0. The molecule has 30 heavy (non-hydrogen) atoms. The first kappa shape index (κ1) is 20.9. The molecule has 2 atom stereocenters. The minimum atomic E-state index is -2.97. The number of H-pyrrole nitrogens is 2. The van der Waals surface area contributed by atoms with E-state index in [1.165, 1.54) is 6.33 Å². The Balaban J connectivity index is 1.49. The molecule has 4 rings (SSSR count). The van der Waals surface area contributed by atoms with Crippen LogP contribution in [0.2, 0.25) is 0 Å². The van der Waals surface area contributed by atoms with Crippen molar-refractivity contribution >= 4 is 33.2 Å². The maximum Gasteiger partial charge on any atom is 0.277 e. The second kappa shape index (κ2) is 7.75. The number of imidazole rings is 1. The van der Waals surface area contributed by atoms with E-state index in [1.807, 2.05) is 25.5 Å². The van der Waals surface area contributed by atoms with Gasteiger partial charge in [0.1, 0.15) is 5.52 Å². The maximum absolute atomic E-state index is 12.0. The van der Waals surface area contributed by atoms with E-state index in [9.17, 15) is 13.2 Å². The standard InChI is InChI=1S/C18H25N7O3S2/c1-10(7-24-16-15(20-9-21-16)17(26)22-18(24)29)19-6-14-11(2)23-25(12(14)3)13-4-5-30(27,28)8-13/h9-10,13,19H,4-8H2,1-3H3,(H,20,21)(H,22,26,29). The van der Waals surface area contributed by atoms with Crippen LogP contribution in [0.5, 0.6) is 0 Å². The highest BCUT2D eigenvalue weighted by Crippen LogP contribution is 2.26. The molecule has 4 heterocycles. The van der Waals surface area contributed by atoms with Crippen LogP contribution in [-0.4, -0.2) is 55.3 Å². The van der Waals surface area contributed by atoms with Crippen molar-refractivity contribution in [3.63, 3.8) is 0 Å². The average Bonchev–Trinajstić information content (AvgIpc) is 3.35. The lowest BCUT2D eigenvalue weighted by molar-refractivity contribution is 0.470. The molecule has 0 bridgehead atoms. The second-order valence-corrected chi connectivity index (χ2v) is 10.5. The van der Waals surface area contributed by atoms with Gasteiger partial charge in [-0.15, -0.1) is 0 Å². The van der Waals surface area contributed by atoms with Gasteiger partial charge >= 0.3 is 0 Å². The van der Waals surface area contributed by atoms with Crippen molar-refractivity contribution in [2.45, 2.75) is 52.4 Å². The van der Waals surface area contributed by atoms with Crippen LogP contribution in [0.3, 0.4) is 0 Å². The summed E-state index contributed by atoms with van der Waals surface area (Å²) in [5, 5.41) is 8.09. The Labute approximate surface area is 178 Å². The fourth-order valence-corrected chi connectivity index (χ4v) is 5.99. The number of hydrogen-bond donors (Lipinski definition) is 3. The van der Waals surface area contributed by atoms with Gasteiger partial charge < -0.3 is 10.3 Å². The largest absolute Gasteiger partial charge is 0.339 e. The van der Waals surface area contributed by atoms with Gasteiger partial charge in [-0.05, 0) is 39.4 Å². The predicted molar refractivity (Wildman–Crippen MR) is 116 cm³/mol. The lowest BCUT2D eigenvalue weighted by Gasteiger charge is -2.17. The molecule has 0 radical (unpaired) electrons. The molecular weight excluding hydrogens is 426 g/mol. The van der Waals surface area contributed by atoms with E-state index in [1.54, 1.807) is 4.57 Å². The number of nitrogens with zero attached hydrogens (tertiary/aromatic N) is 4. The van der Waals surface area contributed by atoms with Gasteiger partial charge in [0.05, 0.1) is 29.6 Å². The molecule has 0 aromatic carbocycles. The fourth-order valence-electron chi connectivity index (χ4n) is 4.04. The SMILES string of the molecule is Cc1nn(C2CCS(=O)(=O)C2)c(C)c1CNC(C)Cn1c(=S)[nH]c(=O)c2[nH]cnc21. The minimum absolute atomic E-state index is 0.0384. The van der Waals surface area contributed by atoms with Crippen molar-refractivity contribution < 1.29 is 8.42 Å². The molecule has 3 aromatic heterocycles. The zero-order valence-corrected chi connectivity index (χ0v) is 18.7. The summed E-state index contributed by atoms with van der Waals surface area (Å²) in [6, 6.07) is -0.0520. The van der Waals surface area contributed by atoms with Gasteiger partial charge in [0.15, 0.2) is 20.3 Å². The number of rotatable bonds is 6. The number of fused-ring (bicyclic) bond motifs is 1. The third kappa shape index (κ3) is 3.86. The fraction of sp³-hybridized carbons (Fsp3) is 0.556. The van der Waals surface area contributed by atoms with Gasteiger partial charge in [-0.25, -0.2) is 13.4 Å². The summed E-state index contributed by atoms with van der Waals surface area (Å²) in [5.41, 5.74) is 3.60. The summed E-state index contributed by atoms with van der Waals surface area (Å²) < 4.78 is 27.7. The van der Waals surface area contributed by atoms with Crippen LogP contribution in [0.4, 0.5) is 0 Å². The molecule has 0 saturated carbocycles. The first-order chi connectivity index (χ1) is 14.2. The summed E-state index contributed by atoms with van der Waals surface area (Å²) in [6.07, 6.45) is 2.09. The number of aromatic amines is 2. The van der Waals surface area contributed by atoms with Gasteiger partial charge in [-0.1, -0.05) is 0 Å². The Hall–Kier alpha value is -2.31. The van der Waals surface area contributed by atoms with E-state index in [2.05, 4.69) is 25.4 Å². The molecule has 3 aromatic rings. The molecule has 10 nitrogen and oxygen atoms in total. The Kier molecular flexibility index (Phi) is 5.41. The molecule has 2 unspecified atom stereocenters. The lowest BCUT2D eigenvalue weighted by Crippen LogP contribution is -2.31. The molecule has 3 N–H and O–H groups in total. The Bertz CT molecular complexity index is 1320. The van der Waals surface area contributed by atoms with Crippen LogP contribution < -0.4 is 10.9 Å². The quantitative estimate of drug-likeness (QED) is 0.479. The normalized spacial score (nSPS) is 19.5. The summed E-state index contributed by atoms with van der Waals surface area (Å²) in [7, 11) is -2.97. The monoisotopic (exact) mass is 451 g/mol. The molecule has 1 aliphatic rings. The highest BCUT2D eigenvalue weighted by molar-refractivity contribution is 7.91. The lowest BCUT2D eigenvalue weighted by atomic mass is 10.1. The molecular formula is C18H25N7O3S2. The van der Waals surface area contributed by atoms with Gasteiger partial charge in [-0.2, -0.15) is 5.10 Å². The van der Waals surface area contributed by atoms with E-state index >= 15 is 0 Å².